The van der Waals surface area contributed by atoms with Gasteiger partial charge in [-0.05, 0) is 39.4 Å². The van der Waals surface area contributed by atoms with E-state index in [1.54, 1.807) is 0 Å². The minimum Gasteiger partial charge on any atom is -1.00 e. The van der Waals surface area contributed by atoms with E-state index in [9.17, 15) is 0 Å². The summed E-state index contributed by atoms with van der Waals surface area (Å²) in [6.07, 6.45) is 8.46. The monoisotopic (exact) mass is 892 g/mol. The third-order valence-electron chi connectivity index (χ3n) is 11.0. The van der Waals surface area contributed by atoms with Crippen LogP contribution in [0.4, 0.5) is 0 Å². The van der Waals surface area contributed by atoms with Crippen molar-refractivity contribution < 1.29 is 49.0 Å². The molecule has 0 saturated heterocycles. The first-order chi connectivity index (χ1) is 26.2. The first kappa shape index (κ1) is 51.7. The van der Waals surface area contributed by atoms with E-state index in [2.05, 4.69) is 170 Å². The van der Waals surface area contributed by atoms with Crippen molar-refractivity contribution in [3.05, 3.63) is 159 Å². The van der Waals surface area contributed by atoms with E-state index in [0.717, 1.165) is 6.42 Å². The molecule has 6 rings (SSSR count). The molecule has 1 aliphatic rings. The Kier molecular flexibility index (Phi) is 19.5. The SMILES string of the molecule is CC(C)(C)c1[c-]c2c(cc1C(C)(C)C)-c1cc(C(C)(C)C)c(C(C)(C)C)cc1C2.CCCCc1ccccc1[C](=[Zr+2])c1ccccc1CCCC.[Cl-].[Cl-].c1cc[cH-]c1. The largest absolute Gasteiger partial charge is 1.00 e. The topological polar surface area (TPSA) is 0 Å². The summed E-state index contributed by atoms with van der Waals surface area (Å²) < 4.78 is 1.52. The van der Waals surface area contributed by atoms with Gasteiger partial charge in [-0.25, -0.2) is 12.1 Å². The van der Waals surface area contributed by atoms with Gasteiger partial charge in [0.25, 0.3) is 0 Å². The maximum atomic E-state index is 3.90. The maximum absolute atomic E-state index is 3.90. The van der Waals surface area contributed by atoms with Crippen LogP contribution < -0.4 is 24.8 Å². The summed E-state index contributed by atoms with van der Waals surface area (Å²) >= 11 is 1.51. The van der Waals surface area contributed by atoms with Crippen LogP contribution in [0.15, 0.2) is 97.1 Å². The van der Waals surface area contributed by atoms with Gasteiger partial charge in [0.15, 0.2) is 0 Å². The van der Waals surface area contributed by atoms with E-state index in [1.807, 2.05) is 30.3 Å². The molecule has 312 valence electrons. The Balaban J connectivity index is 0.000000354. The average molecular weight is 895 g/mol. The van der Waals surface area contributed by atoms with Crippen molar-refractivity contribution in [2.45, 2.75) is 164 Å². The smallest absolute Gasteiger partial charge is 0.172 e. The van der Waals surface area contributed by atoms with Gasteiger partial charge in [-0.1, -0.05) is 106 Å². The van der Waals surface area contributed by atoms with Gasteiger partial charge in [-0.3, -0.25) is 0 Å². The molecule has 0 radical (unpaired) electrons. The second-order valence-electron chi connectivity index (χ2n) is 20.0. The molecular weight excluding hydrogens is 823 g/mol. The van der Waals surface area contributed by atoms with E-state index in [0.29, 0.717) is 0 Å². The zero-order valence-corrected chi connectivity index (χ0v) is 42.4. The van der Waals surface area contributed by atoms with Crippen molar-refractivity contribution in [3.8, 4) is 11.1 Å². The predicted molar refractivity (Wildman–Crippen MR) is 244 cm³/mol. The minimum absolute atomic E-state index is 0. The van der Waals surface area contributed by atoms with Crippen LogP contribution in [0.2, 0.25) is 0 Å². The first-order valence-electron chi connectivity index (χ1n) is 21.4. The Hall–Kier alpha value is -2.44. The number of fused-ring (bicyclic) bond motifs is 3. The second-order valence-corrected chi connectivity index (χ2v) is 21.3. The van der Waals surface area contributed by atoms with Gasteiger partial charge in [-0.2, -0.15) is 35.9 Å². The minimum atomic E-state index is 0. The van der Waals surface area contributed by atoms with Crippen LogP contribution >= 0.6 is 0 Å². The fraction of sp³-hybridized carbons (Fsp3) is 0.455. The van der Waals surface area contributed by atoms with Crippen molar-refractivity contribution >= 4 is 3.21 Å². The molecule has 0 aliphatic heterocycles. The Bertz CT molecular complexity index is 1890. The van der Waals surface area contributed by atoms with Gasteiger partial charge in [0.05, 0.1) is 0 Å². The molecule has 3 heteroatoms. The van der Waals surface area contributed by atoms with E-state index < -0.39 is 0 Å². The number of halogens is 2. The molecule has 0 unspecified atom stereocenters. The molecule has 0 spiro atoms. The van der Waals surface area contributed by atoms with E-state index in [-0.39, 0.29) is 46.5 Å². The van der Waals surface area contributed by atoms with Crippen molar-refractivity contribution in [3.63, 3.8) is 0 Å². The molecule has 0 nitrogen and oxygen atoms in total. The summed E-state index contributed by atoms with van der Waals surface area (Å²) in [5, 5.41) is 0. The Morgan fingerprint density at radius 3 is 1.40 bits per heavy atom. The van der Waals surface area contributed by atoms with E-state index in [4.69, 9.17) is 0 Å². The molecular formula is C55H72Cl2Zr-2. The predicted octanol–water partition coefficient (Wildman–Crippen LogP) is 9.15. The molecule has 5 aromatic carbocycles. The number of unbranched alkanes of at least 4 members (excludes halogenated alkanes) is 2. The van der Waals surface area contributed by atoms with Crippen molar-refractivity contribution in [2.75, 3.05) is 0 Å². The maximum Gasteiger partial charge on any atom is -0.172 e. The summed E-state index contributed by atoms with van der Waals surface area (Å²) in [7, 11) is 0. The number of rotatable bonds is 8. The zero-order valence-electron chi connectivity index (χ0n) is 38.4. The number of hydrogen-bond acceptors (Lipinski definition) is 0. The molecule has 0 atom stereocenters. The number of hydrogen-bond donors (Lipinski definition) is 0. The fourth-order valence-electron chi connectivity index (χ4n) is 7.79. The molecule has 0 bridgehead atoms. The average Bonchev–Trinajstić information content (AvgIpc) is 3.83. The number of benzene rings is 4. The molecule has 1 aliphatic carbocycles. The van der Waals surface area contributed by atoms with Crippen molar-refractivity contribution in [2.24, 2.45) is 0 Å². The Morgan fingerprint density at radius 2 is 1.00 bits per heavy atom. The van der Waals surface area contributed by atoms with Crippen molar-refractivity contribution in [1.82, 2.24) is 0 Å². The molecule has 0 fully saturated rings. The van der Waals surface area contributed by atoms with Crippen LogP contribution in [0.5, 0.6) is 0 Å². The van der Waals surface area contributed by atoms with Crippen LogP contribution in [0.25, 0.3) is 11.1 Å². The van der Waals surface area contributed by atoms with Crippen LogP contribution in [-0.2, 0) is 65.2 Å². The van der Waals surface area contributed by atoms with Gasteiger partial charge in [0.2, 0.25) is 0 Å². The summed E-state index contributed by atoms with van der Waals surface area (Å²) in [5.74, 6) is 0. The molecule has 0 saturated carbocycles. The van der Waals surface area contributed by atoms with E-state index in [1.165, 1.54) is 133 Å². The summed E-state index contributed by atoms with van der Waals surface area (Å²) in [6.45, 7) is 32.5. The van der Waals surface area contributed by atoms with Crippen LogP contribution in [-0.4, -0.2) is 3.21 Å². The summed E-state index contributed by atoms with van der Waals surface area (Å²) in [5.41, 5.74) is 17.9. The van der Waals surface area contributed by atoms with Crippen molar-refractivity contribution in [1.29, 1.82) is 0 Å². The molecule has 0 heterocycles. The zero-order chi connectivity index (χ0) is 41.5. The second kappa shape index (κ2) is 21.9. The molecule has 0 aromatic heterocycles. The Morgan fingerprint density at radius 1 is 0.569 bits per heavy atom. The van der Waals surface area contributed by atoms with Gasteiger partial charge in [-0.15, -0.1) is 16.7 Å². The van der Waals surface area contributed by atoms with E-state index >= 15 is 0 Å². The third kappa shape index (κ3) is 13.5. The first-order valence-corrected chi connectivity index (χ1v) is 22.6. The van der Waals surface area contributed by atoms with Gasteiger partial charge in [0, 0.05) is 0 Å². The summed E-state index contributed by atoms with van der Waals surface area (Å²) in [6, 6.07) is 39.4. The van der Waals surface area contributed by atoms with Gasteiger partial charge in [0.1, 0.15) is 0 Å². The van der Waals surface area contributed by atoms with Crippen LogP contribution in [0.1, 0.15) is 178 Å². The van der Waals surface area contributed by atoms with Crippen LogP contribution in [0, 0.1) is 6.07 Å². The standard InChI is InChI=1S/C29H41.C21H26.C5H5.2ClH.Zr/c1-26(2,3)22-14-18-13-19-15-23(27(4,5)6)25(29(10,11)12)17-21(19)20(18)16-24(22)28(7,8)9;1-3-5-11-18-13-7-9-15-20(18)17-21-16-10-8-14-19(21)12-6-4-2;1-2-4-5-3-1;;;/h14,16-17H,13H2,1-12H3;7-10,13-16H,3-6,11-12H2,1-2H3;1-5H;2*1H;/q-1;;-1;;;+2/p-2. The quantitative estimate of drug-likeness (QED) is 0.134. The van der Waals surface area contributed by atoms with Crippen LogP contribution in [0.3, 0.4) is 0 Å². The fourth-order valence-corrected chi connectivity index (χ4v) is 8.99. The van der Waals surface area contributed by atoms with Gasteiger partial charge < -0.3 is 24.8 Å². The molecule has 5 aromatic rings. The summed E-state index contributed by atoms with van der Waals surface area (Å²) in [4.78, 5) is 0. The molecule has 58 heavy (non-hydrogen) atoms. The van der Waals surface area contributed by atoms with Gasteiger partial charge >= 0.3 is 151 Å². The molecule has 0 amide bonds. The number of aryl methyl sites for hydroxylation is 2. The normalized spacial score (nSPS) is 12.1. The third-order valence-corrected chi connectivity index (χ3v) is 12.3. The molecule has 0 N–H and O–H groups in total. The Labute approximate surface area is 383 Å².